The third kappa shape index (κ3) is 3.90. The van der Waals surface area contributed by atoms with Gasteiger partial charge in [0.2, 0.25) is 11.2 Å². The zero-order valence-corrected chi connectivity index (χ0v) is 11.4. The van der Waals surface area contributed by atoms with Crippen LogP contribution in [-0.2, 0) is 4.79 Å². The monoisotopic (exact) mass is 297 g/mol. The molecule has 0 saturated heterocycles. The summed E-state index contributed by atoms with van der Waals surface area (Å²) >= 11 is 6.75. The lowest BCUT2D eigenvalue weighted by atomic mass is 10.3. The average Bonchev–Trinajstić information content (AvgIpc) is 2.35. The summed E-state index contributed by atoms with van der Waals surface area (Å²) in [5, 5.41) is 2.81. The summed E-state index contributed by atoms with van der Waals surface area (Å²) in [4.78, 5) is 19.0. The second-order valence-electron chi connectivity index (χ2n) is 3.60. The van der Waals surface area contributed by atoms with Gasteiger partial charge in [-0.05, 0) is 35.9 Å². The van der Waals surface area contributed by atoms with Gasteiger partial charge in [0.25, 0.3) is 0 Å². The van der Waals surface area contributed by atoms with Crippen LogP contribution in [0.4, 0.5) is 10.1 Å². The van der Waals surface area contributed by atoms with Crippen LogP contribution in [0.5, 0.6) is 0 Å². The van der Waals surface area contributed by atoms with Crippen molar-refractivity contribution in [2.24, 2.45) is 0 Å². The SMILES string of the molecule is CC(=O)Nc1ccc(Sc2nc(Cl)ncc2F)cc1. The van der Waals surface area contributed by atoms with Crippen molar-refractivity contribution in [3.8, 4) is 0 Å². The first-order valence-corrected chi connectivity index (χ1v) is 6.47. The molecule has 0 saturated carbocycles. The van der Waals surface area contributed by atoms with Gasteiger partial charge in [-0.2, -0.15) is 0 Å². The lowest BCUT2D eigenvalue weighted by molar-refractivity contribution is -0.114. The maximum atomic E-state index is 13.4. The second kappa shape index (κ2) is 5.99. The quantitative estimate of drug-likeness (QED) is 0.697. The van der Waals surface area contributed by atoms with Crippen molar-refractivity contribution in [2.45, 2.75) is 16.8 Å². The number of carbonyl (C=O) groups excluding carboxylic acids is 1. The maximum Gasteiger partial charge on any atom is 0.223 e. The highest BCUT2D eigenvalue weighted by Gasteiger charge is 2.08. The molecule has 0 aliphatic rings. The van der Waals surface area contributed by atoms with Crippen molar-refractivity contribution in [1.29, 1.82) is 0 Å². The highest BCUT2D eigenvalue weighted by atomic mass is 35.5. The third-order valence-corrected chi connectivity index (χ3v) is 3.24. The van der Waals surface area contributed by atoms with Gasteiger partial charge in [0.05, 0.1) is 6.20 Å². The van der Waals surface area contributed by atoms with Crippen LogP contribution in [0, 0.1) is 5.82 Å². The van der Waals surface area contributed by atoms with Crippen LogP contribution in [0.2, 0.25) is 5.28 Å². The minimum absolute atomic E-state index is 0.00114. The van der Waals surface area contributed by atoms with Crippen molar-refractivity contribution < 1.29 is 9.18 Å². The molecule has 7 heteroatoms. The van der Waals surface area contributed by atoms with E-state index in [2.05, 4.69) is 15.3 Å². The molecule has 1 aromatic heterocycles. The third-order valence-electron chi connectivity index (χ3n) is 2.07. The minimum atomic E-state index is -0.527. The van der Waals surface area contributed by atoms with Crippen LogP contribution >= 0.6 is 23.4 Å². The molecule has 4 nitrogen and oxygen atoms in total. The molecule has 98 valence electrons. The van der Waals surface area contributed by atoms with Gasteiger partial charge < -0.3 is 5.32 Å². The van der Waals surface area contributed by atoms with Crippen LogP contribution in [-0.4, -0.2) is 15.9 Å². The summed E-state index contributed by atoms with van der Waals surface area (Å²) in [5.41, 5.74) is 0.679. The van der Waals surface area contributed by atoms with Gasteiger partial charge in [-0.25, -0.2) is 14.4 Å². The molecule has 0 unspecified atom stereocenters. The predicted octanol–water partition coefficient (Wildman–Crippen LogP) is 3.38. The molecule has 0 spiro atoms. The fraction of sp³-hybridized carbons (Fsp3) is 0.0833. The summed E-state index contributed by atoms with van der Waals surface area (Å²) in [6.07, 6.45) is 1.03. The number of rotatable bonds is 3. The summed E-state index contributed by atoms with van der Waals surface area (Å²) in [5.74, 6) is -0.672. The van der Waals surface area contributed by atoms with Gasteiger partial charge in [0, 0.05) is 17.5 Å². The van der Waals surface area contributed by atoms with Crippen molar-refractivity contribution in [3.05, 3.63) is 41.6 Å². The van der Waals surface area contributed by atoms with E-state index in [0.29, 0.717) is 5.69 Å². The molecule has 1 N–H and O–H groups in total. The number of amides is 1. The smallest absolute Gasteiger partial charge is 0.223 e. The van der Waals surface area contributed by atoms with E-state index in [1.54, 1.807) is 24.3 Å². The highest BCUT2D eigenvalue weighted by Crippen LogP contribution is 2.29. The molecule has 0 aliphatic heterocycles. The van der Waals surface area contributed by atoms with Gasteiger partial charge in [0.15, 0.2) is 5.82 Å². The largest absolute Gasteiger partial charge is 0.326 e. The first-order chi connectivity index (χ1) is 9.04. The fourth-order valence-electron chi connectivity index (χ4n) is 1.32. The molecular weight excluding hydrogens is 289 g/mol. The van der Waals surface area contributed by atoms with E-state index in [-0.39, 0.29) is 16.2 Å². The molecule has 1 amide bonds. The number of nitrogens with zero attached hydrogens (tertiary/aromatic N) is 2. The first kappa shape index (κ1) is 13.8. The zero-order valence-electron chi connectivity index (χ0n) is 9.85. The first-order valence-electron chi connectivity index (χ1n) is 5.28. The molecule has 19 heavy (non-hydrogen) atoms. The highest BCUT2D eigenvalue weighted by molar-refractivity contribution is 7.99. The Balaban J connectivity index is 2.15. The van der Waals surface area contributed by atoms with E-state index in [4.69, 9.17) is 11.6 Å². The average molecular weight is 298 g/mol. The number of carbonyl (C=O) groups is 1. The Kier molecular flexibility index (Phi) is 4.34. The lowest BCUT2D eigenvalue weighted by Crippen LogP contribution is -2.05. The van der Waals surface area contributed by atoms with Crippen LogP contribution in [0.1, 0.15) is 6.92 Å². The van der Waals surface area contributed by atoms with Crippen LogP contribution < -0.4 is 5.32 Å². The Bertz CT molecular complexity index is 606. The van der Waals surface area contributed by atoms with E-state index in [1.165, 1.54) is 6.92 Å². The van der Waals surface area contributed by atoms with Crippen LogP contribution in [0.25, 0.3) is 0 Å². The van der Waals surface area contributed by atoms with Crippen molar-refractivity contribution in [1.82, 2.24) is 9.97 Å². The van der Waals surface area contributed by atoms with Crippen molar-refractivity contribution >= 4 is 35.0 Å². The number of benzene rings is 1. The Morgan fingerprint density at radius 3 is 2.68 bits per heavy atom. The van der Waals surface area contributed by atoms with Gasteiger partial charge in [-0.15, -0.1) is 0 Å². The Morgan fingerprint density at radius 1 is 1.37 bits per heavy atom. The molecule has 0 radical (unpaired) electrons. The van der Waals surface area contributed by atoms with E-state index >= 15 is 0 Å². The van der Waals surface area contributed by atoms with E-state index < -0.39 is 5.82 Å². The number of anilines is 1. The topological polar surface area (TPSA) is 54.9 Å². The second-order valence-corrected chi connectivity index (χ2v) is 5.00. The van der Waals surface area contributed by atoms with Crippen LogP contribution in [0.3, 0.4) is 0 Å². The Hall–Kier alpha value is -1.66. The number of aromatic nitrogens is 2. The maximum absolute atomic E-state index is 13.4. The van der Waals surface area contributed by atoms with E-state index in [1.807, 2.05) is 0 Å². The predicted molar refractivity (Wildman–Crippen MR) is 71.9 cm³/mol. The molecule has 1 heterocycles. The van der Waals surface area contributed by atoms with Gasteiger partial charge >= 0.3 is 0 Å². The molecule has 0 atom stereocenters. The Morgan fingerprint density at radius 2 is 2.05 bits per heavy atom. The lowest BCUT2D eigenvalue weighted by Gasteiger charge is -2.04. The minimum Gasteiger partial charge on any atom is -0.326 e. The number of hydrogen-bond acceptors (Lipinski definition) is 4. The standard InChI is InChI=1S/C12H9ClFN3OS/c1-7(18)16-8-2-4-9(5-3-8)19-11-10(14)6-15-12(13)17-11/h2-6H,1H3,(H,16,18). The number of hydrogen-bond donors (Lipinski definition) is 1. The van der Waals surface area contributed by atoms with Gasteiger partial charge in [-0.3, -0.25) is 4.79 Å². The van der Waals surface area contributed by atoms with Crippen molar-refractivity contribution in [2.75, 3.05) is 5.32 Å². The summed E-state index contributed by atoms with van der Waals surface area (Å²) < 4.78 is 13.4. The molecule has 2 aromatic rings. The normalized spacial score (nSPS) is 10.3. The molecule has 0 bridgehead atoms. The van der Waals surface area contributed by atoms with Crippen LogP contribution in [0.15, 0.2) is 40.4 Å². The molecule has 1 aromatic carbocycles. The van der Waals surface area contributed by atoms with Crippen molar-refractivity contribution in [3.63, 3.8) is 0 Å². The zero-order chi connectivity index (χ0) is 13.8. The Labute approximate surface area is 118 Å². The summed E-state index contributed by atoms with van der Waals surface area (Å²) in [6, 6.07) is 6.96. The molecule has 0 aliphatic carbocycles. The molecule has 0 fully saturated rings. The molecule has 2 rings (SSSR count). The van der Waals surface area contributed by atoms with E-state index in [0.717, 1.165) is 22.9 Å². The summed E-state index contributed by atoms with van der Waals surface area (Å²) in [7, 11) is 0. The molecular formula is C12H9ClFN3OS. The van der Waals surface area contributed by atoms with Gasteiger partial charge in [-0.1, -0.05) is 11.8 Å². The van der Waals surface area contributed by atoms with E-state index in [9.17, 15) is 9.18 Å². The number of nitrogens with one attached hydrogen (secondary N) is 1. The van der Waals surface area contributed by atoms with Gasteiger partial charge in [0.1, 0.15) is 5.03 Å². The fourth-order valence-corrected chi connectivity index (χ4v) is 2.29. The summed E-state index contributed by atoms with van der Waals surface area (Å²) in [6.45, 7) is 1.43. The number of halogens is 2.